The molecule has 0 aromatic heterocycles. The first-order valence-corrected chi connectivity index (χ1v) is 8.07. The van der Waals surface area contributed by atoms with Crippen LogP contribution in [0.4, 0.5) is 0 Å². The Morgan fingerprint density at radius 1 is 1.18 bits per heavy atom. The molecule has 0 radical (unpaired) electrons. The van der Waals surface area contributed by atoms with E-state index in [2.05, 4.69) is 35.4 Å². The average molecular weight is 163 g/mol. The van der Waals surface area contributed by atoms with Gasteiger partial charge in [0.1, 0.15) is 0 Å². The van der Waals surface area contributed by atoms with Crippen LogP contribution in [0.1, 0.15) is 19.3 Å². The van der Waals surface area contributed by atoms with E-state index >= 15 is 0 Å². The van der Waals surface area contributed by atoms with Gasteiger partial charge >= 0.3 is 80.7 Å². The molecule has 3 heteroatoms. The Balaban J connectivity index is 2.43. The van der Waals surface area contributed by atoms with Crippen LogP contribution in [-0.2, 0) is 0 Å². The number of nitrogens with zero attached hydrogens (tertiary/aromatic N) is 1. The van der Waals surface area contributed by atoms with Gasteiger partial charge in [0, 0.05) is 0 Å². The fourth-order valence-electron chi connectivity index (χ4n) is 1.72. The van der Waals surface area contributed by atoms with Gasteiger partial charge in [-0.3, -0.25) is 0 Å². The van der Waals surface area contributed by atoms with E-state index in [9.17, 15) is 0 Å². The van der Waals surface area contributed by atoms with Crippen molar-refractivity contribution in [3.8, 4) is 0 Å². The first-order chi connectivity index (χ1) is 5.17. The van der Waals surface area contributed by atoms with Gasteiger partial charge in [-0.25, -0.2) is 0 Å². The van der Waals surface area contributed by atoms with Gasteiger partial charge in [0.05, 0.1) is 0 Å². The van der Waals surface area contributed by atoms with Gasteiger partial charge in [0.15, 0.2) is 0 Å². The second kappa shape index (κ2) is 4.14. The van der Waals surface area contributed by atoms with Crippen molar-refractivity contribution in [1.29, 1.82) is 0 Å². The number of hydrogen-bond acceptors (Lipinski definition) is 1. The molecule has 1 rings (SSSR count). The summed E-state index contributed by atoms with van der Waals surface area (Å²) < 4.78 is 4.18. The van der Waals surface area contributed by atoms with E-state index in [4.69, 9.17) is 0 Å². The zero-order valence-corrected chi connectivity index (χ0v) is 9.19. The second-order valence-corrected chi connectivity index (χ2v) is 9.18. The minimum absolute atomic E-state index is 0.943. The third-order valence-electron chi connectivity index (χ3n) is 3.08. The quantitative estimate of drug-likeness (QED) is 0.561. The van der Waals surface area contributed by atoms with Crippen LogP contribution >= 0.6 is 0 Å². The molecule has 0 N–H and O–H groups in total. The first-order valence-electron chi connectivity index (χ1n) is 4.92. The molecular weight excluding hydrogens is 145 g/mol. The van der Waals surface area contributed by atoms with Crippen molar-refractivity contribution in [3.63, 3.8) is 0 Å². The van der Waals surface area contributed by atoms with Gasteiger partial charge in [-0.1, -0.05) is 0 Å². The predicted molar refractivity (Wildman–Crippen MR) is 53.5 cm³/mol. The first kappa shape index (κ1) is 9.86. The summed E-state index contributed by atoms with van der Waals surface area (Å²) in [6.45, 7) is 7.76. The molecule has 0 spiro atoms. The molecule has 1 aliphatic heterocycles. The van der Waals surface area contributed by atoms with Crippen molar-refractivity contribution in [2.75, 3.05) is 13.1 Å². The standard InChI is InChI=1S/C8H18NSi.Li/c1-10(2,3)9-7-5-4-6-8-9;/h1,4-8H2,2-3H3;. The van der Waals surface area contributed by atoms with E-state index < -0.39 is 8.24 Å². The second-order valence-electron chi connectivity index (χ2n) is 4.21. The van der Waals surface area contributed by atoms with Crippen molar-refractivity contribution >= 4 is 26.0 Å². The zero-order valence-electron chi connectivity index (χ0n) is 8.19. The molecule has 0 saturated carbocycles. The van der Waals surface area contributed by atoms with Crippen LogP contribution in [0.2, 0.25) is 17.8 Å². The summed E-state index contributed by atoms with van der Waals surface area (Å²) >= 11 is 2.35. The van der Waals surface area contributed by atoms with Crippen molar-refractivity contribution in [3.05, 3.63) is 0 Å². The van der Waals surface area contributed by atoms with Crippen LogP contribution in [0.15, 0.2) is 0 Å². The molecule has 1 saturated heterocycles. The molecule has 11 heavy (non-hydrogen) atoms. The molecule has 1 heterocycles. The number of rotatable bonds is 2. The Morgan fingerprint density at radius 3 is 2.18 bits per heavy atom. The molecule has 0 amide bonds. The Kier molecular flexibility index (Phi) is 3.71. The minimum atomic E-state index is -0.943. The van der Waals surface area contributed by atoms with Gasteiger partial charge < -0.3 is 0 Å². The molecule has 0 aliphatic carbocycles. The fraction of sp³-hybridized carbons (Fsp3) is 1.00. The predicted octanol–water partition coefficient (Wildman–Crippen LogP) is 1.80. The van der Waals surface area contributed by atoms with E-state index in [1.54, 1.807) is 0 Å². The summed E-state index contributed by atoms with van der Waals surface area (Å²) in [6, 6.07) is 0. The van der Waals surface area contributed by atoms with Crippen LogP contribution in [0, 0.1) is 0 Å². The van der Waals surface area contributed by atoms with E-state index in [0.29, 0.717) is 0 Å². The third-order valence-corrected chi connectivity index (χ3v) is 6.97. The van der Waals surface area contributed by atoms with Crippen LogP contribution in [0.25, 0.3) is 0 Å². The van der Waals surface area contributed by atoms with Gasteiger partial charge in [0.25, 0.3) is 0 Å². The topological polar surface area (TPSA) is 3.24 Å². The molecule has 0 bridgehead atoms. The van der Waals surface area contributed by atoms with Crippen LogP contribution < -0.4 is 0 Å². The summed E-state index contributed by atoms with van der Waals surface area (Å²) in [7, 11) is -0.943. The number of piperidine rings is 1. The molecular formula is C8H18LiNSi. The maximum atomic E-state index is 2.77. The summed E-state index contributed by atoms with van der Waals surface area (Å²) in [5, 5.41) is 0. The molecule has 60 valence electrons. The Morgan fingerprint density at radius 2 is 1.73 bits per heavy atom. The average Bonchev–Trinajstić information content (AvgIpc) is 2.06. The Bertz CT molecular complexity index is 121. The van der Waals surface area contributed by atoms with Crippen LogP contribution in [0.5, 0.6) is 0 Å². The van der Waals surface area contributed by atoms with Crippen LogP contribution in [0.3, 0.4) is 0 Å². The van der Waals surface area contributed by atoms with E-state index in [0.717, 1.165) is 0 Å². The van der Waals surface area contributed by atoms with Crippen LogP contribution in [-0.4, -0.2) is 43.6 Å². The van der Waals surface area contributed by atoms with Crippen molar-refractivity contribution < 1.29 is 0 Å². The summed E-state index contributed by atoms with van der Waals surface area (Å²) in [5.74, 6) is 0. The van der Waals surface area contributed by atoms with Crippen molar-refractivity contribution in [1.82, 2.24) is 4.57 Å². The Labute approximate surface area is 80.8 Å². The SMILES string of the molecule is [Li][CH2][Si](C)(C)N1CCCCC1. The molecule has 0 atom stereocenters. The maximum absolute atomic E-state index is 2.77. The number of hydrogen-bond donors (Lipinski definition) is 0. The monoisotopic (exact) mass is 163 g/mol. The van der Waals surface area contributed by atoms with E-state index in [1.165, 1.54) is 37.1 Å². The zero-order chi connectivity index (χ0) is 8.32. The molecule has 0 aromatic carbocycles. The summed E-state index contributed by atoms with van der Waals surface area (Å²) in [6.07, 6.45) is 4.34. The third kappa shape index (κ3) is 2.63. The fourth-order valence-corrected chi connectivity index (χ4v) is 3.70. The summed E-state index contributed by atoms with van der Waals surface area (Å²) in [4.78, 5) is 0. The molecule has 1 nitrogen and oxygen atoms in total. The normalized spacial score (nSPS) is 22.2. The van der Waals surface area contributed by atoms with E-state index in [-0.39, 0.29) is 0 Å². The van der Waals surface area contributed by atoms with Gasteiger partial charge in [0.2, 0.25) is 0 Å². The van der Waals surface area contributed by atoms with Gasteiger partial charge in [-0.15, -0.1) is 0 Å². The summed E-state index contributed by atoms with van der Waals surface area (Å²) in [5.41, 5.74) is 0. The Hall–Kier alpha value is 0.774. The van der Waals surface area contributed by atoms with Crippen molar-refractivity contribution in [2.45, 2.75) is 37.1 Å². The molecule has 1 aliphatic rings. The molecule has 1 fully saturated rings. The van der Waals surface area contributed by atoms with Gasteiger partial charge in [-0.2, -0.15) is 0 Å². The van der Waals surface area contributed by atoms with Gasteiger partial charge in [-0.05, 0) is 0 Å². The molecule has 0 aromatic rings. The molecule has 0 unspecified atom stereocenters. The van der Waals surface area contributed by atoms with Crippen molar-refractivity contribution in [2.24, 2.45) is 0 Å². The van der Waals surface area contributed by atoms with E-state index in [1.807, 2.05) is 0 Å².